The molecule has 0 radical (unpaired) electrons. The highest BCUT2D eigenvalue weighted by Crippen LogP contribution is 2.31. The summed E-state index contributed by atoms with van der Waals surface area (Å²) in [4.78, 5) is 29.7. The van der Waals surface area contributed by atoms with E-state index in [9.17, 15) is 9.59 Å². The van der Waals surface area contributed by atoms with Crippen molar-refractivity contribution in [2.45, 2.75) is 71.7 Å². The lowest BCUT2D eigenvalue weighted by Gasteiger charge is -2.34. The summed E-state index contributed by atoms with van der Waals surface area (Å²) < 4.78 is 24.6. The first-order chi connectivity index (χ1) is 24.1. The van der Waals surface area contributed by atoms with Crippen molar-refractivity contribution in [1.29, 1.82) is 0 Å². The van der Waals surface area contributed by atoms with E-state index in [1.54, 1.807) is 36.5 Å². The highest BCUT2D eigenvalue weighted by molar-refractivity contribution is 7.22. The summed E-state index contributed by atoms with van der Waals surface area (Å²) in [6.07, 6.45) is 3.18. The maximum absolute atomic E-state index is 13.4. The van der Waals surface area contributed by atoms with Crippen molar-refractivity contribution in [3.05, 3.63) is 115 Å². The zero-order valence-electron chi connectivity index (χ0n) is 30.0. The molecule has 1 heterocycles. The molecular formula is C41H43N3O6S. The minimum absolute atomic E-state index is 0.308. The van der Waals surface area contributed by atoms with Crippen LogP contribution in [0, 0.1) is 0 Å². The molecule has 0 amide bonds. The van der Waals surface area contributed by atoms with Crippen LogP contribution in [0.5, 0.6) is 17.2 Å². The lowest BCUT2D eigenvalue weighted by atomic mass is 9.92. The van der Waals surface area contributed by atoms with Crippen molar-refractivity contribution in [3.8, 4) is 28.4 Å². The van der Waals surface area contributed by atoms with Crippen LogP contribution >= 0.6 is 11.3 Å². The summed E-state index contributed by atoms with van der Waals surface area (Å²) in [5.41, 5.74) is 4.93. The molecule has 51 heavy (non-hydrogen) atoms. The number of benzene rings is 4. The Bertz CT molecular complexity index is 2010. The molecule has 0 aliphatic rings. The van der Waals surface area contributed by atoms with Gasteiger partial charge in [-0.15, -0.1) is 0 Å². The lowest BCUT2D eigenvalue weighted by molar-refractivity contribution is -0.154. The van der Waals surface area contributed by atoms with Gasteiger partial charge in [0.05, 0.1) is 22.0 Å². The van der Waals surface area contributed by atoms with E-state index in [4.69, 9.17) is 18.9 Å². The number of hydrazone groups is 1. The van der Waals surface area contributed by atoms with E-state index in [0.717, 1.165) is 33.2 Å². The number of hydrogen-bond acceptors (Lipinski definition) is 10. The van der Waals surface area contributed by atoms with E-state index in [2.05, 4.69) is 22.1 Å². The Kier molecular flexibility index (Phi) is 11.0. The average Bonchev–Trinajstić information content (AvgIpc) is 3.47. The molecule has 0 bridgehead atoms. The zero-order chi connectivity index (χ0) is 36.8. The summed E-state index contributed by atoms with van der Waals surface area (Å²) in [7, 11) is 0. The molecule has 0 aliphatic carbocycles. The Labute approximate surface area is 302 Å². The highest BCUT2D eigenvalue weighted by atomic mass is 32.1. The number of aromatic nitrogens is 1. The third-order valence-electron chi connectivity index (χ3n) is 7.36. The van der Waals surface area contributed by atoms with Gasteiger partial charge in [-0.25, -0.2) is 14.6 Å². The molecule has 10 heteroatoms. The fourth-order valence-corrected chi connectivity index (χ4v) is 6.43. The molecule has 0 aliphatic heterocycles. The summed E-state index contributed by atoms with van der Waals surface area (Å²) in [6, 6.07) is 28.0. The number of nitrogens with one attached hydrogen (secondary N) is 1. The van der Waals surface area contributed by atoms with Gasteiger partial charge in [0.25, 0.3) is 0 Å². The smallest absolute Gasteiger partial charge is 0.343 e. The quantitative estimate of drug-likeness (QED) is 0.0424. The number of rotatable bonds is 13. The van der Waals surface area contributed by atoms with Crippen LogP contribution in [0.3, 0.4) is 0 Å². The van der Waals surface area contributed by atoms with Crippen molar-refractivity contribution in [3.63, 3.8) is 0 Å². The van der Waals surface area contributed by atoms with E-state index in [1.165, 1.54) is 11.3 Å². The predicted octanol–water partition coefficient (Wildman–Crippen LogP) is 9.86. The molecule has 0 fully saturated rings. The Morgan fingerprint density at radius 2 is 1.47 bits per heavy atom. The average molecular weight is 706 g/mol. The van der Waals surface area contributed by atoms with Crippen LogP contribution in [0.25, 0.3) is 21.3 Å². The first kappa shape index (κ1) is 36.8. The summed E-state index contributed by atoms with van der Waals surface area (Å²) in [5.74, 6) is 0.635. The number of thiazole rings is 1. The highest BCUT2D eigenvalue weighted by Gasteiger charge is 2.33. The number of carbonyl (C=O) groups is 2. The predicted molar refractivity (Wildman–Crippen MR) is 204 cm³/mol. The largest absolute Gasteiger partial charge is 0.488 e. The van der Waals surface area contributed by atoms with E-state index in [1.807, 2.05) is 109 Å². The molecule has 0 atom stereocenters. The van der Waals surface area contributed by atoms with Crippen LogP contribution in [-0.2, 0) is 9.53 Å². The number of para-hydroxylation sites is 1. The molecule has 5 aromatic rings. The number of ether oxygens (including phenoxy) is 4. The van der Waals surface area contributed by atoms with Crippen molar-refractivity contribution in [2.24, 2.45) is 5.10 Å². The molecule has 264 valence electrons. The fraction of sp³-hybridized carbons (Fsp3) is 0.268. The Hall–Kier alpha value is -5.48. The van der Waals surface area contributed by atoms with Gasteiger partial charge in [-0.05, 0) is 120 Å². The van der Waals surface area contributed by atoms with E-state index in [0.29, 0.717) is 34.2 Å². The molecule has 0 unspecified atom stereocenters. The first-order valence-electron chi connectivity index (χ1n) is 16.5. The standard InChI is InChI=1S/C41H43N3O6S/c1-9-36(45)50-41(7,8)26-40(5,6)49-32-21-16-28(17-22-32)37(46)47-34-23-18-29(27-14-19-31(20-15-27)48-39(2,3)4)24-30(34)25-42-44-38-43-33-12-10-11-13-35(33)51-38/h9-25H,1,26H2,2-8H3,(H,43,44)/b42-25+. The second-order valence-corrected chi connectivity index (χ2v) is 15.2. The van der Waals surface area contributed by atoms with E-state index < -0.39 is 23.1 Å². The summed E-state index contributed by atoms with van der Waals surface area (Å²) in [5, 5.41) is 5.08. The van der Waals surface area contributed by atoms with Crippen molar-refractivity contribution in [2.75, 3.05) is 5.43 Å². The van der Waals surface area contributed by atoms with E-state index >= 15 is 0 Å². The number of hydrogen-bond donors (Lipinski definition) is 1. The molecule has 4 aromatic carbocycles. The third-order valence-corrected chi connectivity index (χ3v) is 8.30. The molecule has 0 spiro atoms. The van der Waals surface area contributed by atoms with Crippen LogP contribution < -0.4 is 19.6 Å². The van der Waals surface area contributed by atoms with Crippen molar-refractivity contribution >= 4 is 44.8 Å². The van der Waals surface area contributed by atoms with Gasteiger partial charge < -0.3 is 18.9 Å². The number of nitrogens with zero attached hydrogens (tertiary/aromatic N) is 2. The van der Waals surface area contributed by atoms with Gasteiger partial charge in [-0.3, -0.25) is 5.43 Å². The van der Waals surface area contributed by atoms with Gasteiger partial charge in [-0.2, -0.15) is 5.10 Å². The van der Waals surface area contributed by atoms with Crippen LogP contribution in [0.1, 0.15) is 70.8 Å². The van der Waals surface area contributed by atoms with Gasteiger partial charge in [0.1, 0.15) is 34.1 Å². The molecule has 1 aromatic heterocycles. The second kappa shape index (κ2) is 15.2. The lowest BCUT2D eigenvalue weighted by Crippen LogP contribution is -2.40. The second-order valence-electron chi connectivity index (χ2n) is 14.2. The Morgan fingerprint density at radius 3 is 2.14 bits per heavy atom. The number of anilines is 1. The molecule has 0 saturated heterocycles. The third kappa shape index (κ3) is 10.5. The van der Waals surface area contributed by atoms with Crippen LogP contribution in [0.4, 0.5) is 5.13 Å². The summed E-state index contributed by atoms with van der Waals surface area (Å²) >= 11 is 1.49. The van der Waals surface area contributed by atoms with E-state index in [-0.39, 0.29) is 5.60 Å². The number of carbonyl (C=O) groups excluding carboxylic acids is 2. The normalized spacial score (nSPS) is 12.1. The fourth-order valence-electron chi connectivity index (χ4n) is 5.62. The monoisotopic (exact) mass is 705 g/mol. The minimum Gasteiger partial charge on any atom is -0.488 e. The maximum Gasteiger partial charge on any atom is 0.343 e. The van der Waals surface area contributed by atoms with Crippen molar-refractivity contribution < 1.29 is 28.5 Å². The topological polar surface area (TPSA) is 108 Å². The van der Waals surface area contributed by atoms with Gasteiger partial charge in [0.15, 0.2) is 0 Å². The molecule has 9 nitrogen and oxygen atoms in total. The van der Waals surface area contributed by atoms with Gasteiger partial charge in [-0.1, -0.05) is 48.2 Å². The summed E-state index contributed by atoms with van der Waals surface area (Å²) in [6.45, 7) is 16.9. The molecule has 0 saturated carbocycles. The van der Waals surface area contributed by atoms with Gasteiger partial charge in [0, 0.05) is 18.1 Å². The zero-order valence-corrected chi connectivity index (χ0v) is 30.8. The van der Waals surface area contributed by atoms with Crippen LogP contribution in [0.2, 0.25) is 0 Å². The first-order valence-corrected chi connectivity index (χ1v) is 17.3. The number of fused-ring (bicyclic) bond motifs is 1. The van der Waals surface area contributed by atoms with Gasteiger partial charge in [0.2, 0.25) is 5.13 Å². The number of esters is 2. The van der Waals surface area contributed by atoms with Gasteiger partial charge >= 0.3 is 11.9 Å². The Morgan fingerprint density at radius 1 is 0.824 bits per heavy atom. The SMILES string of the molecule is C=CC(=O)OC(C)(C)CC(C)(C)Oc1ccc(C(=O)Oc2ccc(-c3ccc(OC(C)(C)C)cc3)cc2/C=N/Nc2nc3ccccc3s2)cc1. The maximum atomic E-state index is 13.4. The van der Waals surface area contributed by atoms with Crippen LogP contribution in [0.15, 0.2) is 109 Å². The molecule has 1 N–H and O–H groups in total. The molecule has 5 rings (SSSR count). The molecular weight excluding hydrogens is 663 g/mol. The van der Waals surface area contributed by atoms with Crippen LogP contribution in [-0.4, -0.2) is 39.9 Å². The Balaban J connectivity index is 1.33. The minimum atomic E-state index is -0.775. The van der Waals surface area contributed by atoms with Crippen molar-refractivity contribution in [1.82, 2.24) is 4.98 Å².